The molecule has 170 valence electrons. The van der Waals surface area contributed by atoms with Gasteiger partial charge in [0.25, 0.3) is 0 Å². The van der Waals surface area contributed by atoms with E-state index in [0.717, 1.165) is 19.3 Å². The van der Waals surface area contributed by atoms with E-state index in [-0.39, 0.29) is 29.9 Å². The van der Waals surface area contributed by atoms with Crippen LogP contribution in [0.4, 0.5) is 0 Å². The maximum absolute atomic E-state index is 12.6. The van der Waals surface area contributed by atoms with Gasteiger partial charge in [-0.25, -0.2) is 4.79 Å². The van der Waals surface area contributed by atoms with E-state index < -0.39 is 24.2 Å². The molecule has 2 rings (SSSR count). The number of hydrogen-bond acceptors (Lipinski definition) is 4. The van der Waals surface area contributed by atoms with Gasteiger partial charge >= 0.3 is 5.97 Å². The fourth-order valence-electron chi connectivity index (χ4n) is 3.88. The fraction of sp³-hybridized carbons (Fsp3) is 0.542. The monoisotopic (exact) mass is 430 g/mol. The average molecular weight is 431 g/mol. The normalized spacial score (nSPS) is 20.8. The van der Waals surface area contributed by atoms with Crippen molar-refractivity contribution in [2.75, 3.05) is 0 Å². The third kappa shape index (κ3) is 7.83. The summed E-state index contributed by atoms with van der Waals surface area (Å²) in [5.74, 6) is -1.45. The Labute approximate surface area is 184 Å². The summed E-state index contributed by atoms with van der Waals surface area (Å²) in [5, 5.41) is 15.4. The molecule has 1 aromatic rings. The molecule has 0 fully saturated rings. The predicted octanol–water partition coefficient (Wildman–Crippen LogP) is 2.99. The molecule has 0 aromatic heterocycles. The minimum absolute atomic E-state index is 0.0622. The Morgan fingerprint density at radius 3 is 2.39 bits per heavy atom. The van der Waals surface area contributed by atoms with Gasteiger partial charge in [0.15, 0.2) is 0 Å². The first-order valence-electron chi connectivity index (χ1n) is 11.0. The molecule has 0 unspecified atom stereocenters. The van der Waals surface area contributed by atoms with Gasteiger partial charge in [0.1, 0.15) is 0 Å². The third-order valence-electron chi connectivity index (χ3n) is 5.56. The van der Waals surface area contributed by atoms with E-state index in [1.165, 1.54) is 12.5 Å². The van der Waals surface area contributed by atoms with Crippen molar-refractivity contribution in [1.29, 1.82) is 0 Å². The third-order valence-corrected chi connectivity index (χ3v) is 5.56. The molecule has 3 N–H and O–H groups in total. The van der Waals surface area contributed by atoms with Crippen molar-refractivity contribution >= 4 is 17.8 Å². The second-order valence-electron chi connectivity index (χ2n) is 7.98. The summed E-state index contributed by atoms with van der Waals surface area (Å²) < 4.78 is 6.13. The van der Waals surface area contributed by atoms with Gasteiger partial charge < -0.3 is 20.5 Å². The SMILES string of the molecule is CCC(CC)O[C@@H]1C=C(C(=O)O)C[C@H](NC(=O)CCCc2ccccc2)[C@H]1NC(C)=O. The number of benzene rings is 1. The van der Waals surface area contributed by atoms with Crippen LogP contribution in [-0.4, -0.2) is 47.2 Å². The largest absolute Gasteiger partial charge is 0.478 e. The molecule has 0 heterocycles. The van der Waals surface area contributed by atoms with Gasteiger partial charge in [-0.1, -0.05) is 44.2 Å². The highest BCUT2D eigenvalue weighted by Crippen LogP contribution is 2.25. The second kappa shape index (κ2) is 12.2. The summed E-state index contributed by atoms with van der Waals surface area (Å²) in [4.78, 5) is 36.2. The zero-order chi connectivity index (χ0) is 22.8. The van der Waals surface area contributed by atoms with Gasteiger partial charge in [0, 0.05) is 25.3 Å². The Hall–Kier alpha value is -2.67. The second-order valence-corrected chi connectivity index (χ2v) is 7.98. The van der Waals surface area contributed by atoms with Gasteiger partial charge in [0.05, 0.1) is 24.3 Å². The number of hydrogen-bond donors (Lipinski definition) is 3. The molecule has 3 atom stereocenters. The minimum atomic E-state index is -1.04. The molecule has 0 spiro atoms. The number of carboxylic acid groups (broad SMARTS) is 1. The summed E-state index contributed by atoms with van der Waals surface area (Å²) >= 11 is 0. The number of ether oxygens (including phenoxy) is 1. The first-order chi connectivity index (χ1) is 14.8. The molecule has 1 aliphatic carbocycles. The zero-order valence-electron chi connectivity index (χ0n) is 18.6. The molecule has 0 radical (unpaired) electrons. The highest BCUT2D eigenvalue weighted by Gasteiger charge is 2.38. The van der Waals surface area contributed by atoms with E-state index in [2.05, 4.69) is 10.6 Å². The maximum atomic E-state index is 12.6. The summed E-state index contributed by atoms with van der Waals surface area (Å²) in [6.45, 7) is 5.40. The van der Waals surface area contributed by atoms with Gasteiger partial charge in [0.2, 0.25) is 11.8 Å². The van der Waals surface area contributed by atoms with Gasteiger partial charge in [-0.05, 0) is 37.3 Å². The lowest BCUT2D eigenvalue weighted by atomic mass is 9.87. The number of nitrogens with one attached hydrogen (secondary N) is 2. The Balaban J connectivity index is 2.09. The number of carboxylic acids is 1. The van der Waals surface area contributed by atoms with E-state index >= 15 is 0 Å². The molecule has 0 saturated heterocycles. The first kappa shape index (κ1) is 24.6. The number of carbonyl (C=O) groups is 3. The molecule has 7 heteroatoms. The van der Waals surface area contributed by atoms with Crippen LogP contribution in [0.5, 0.6) is 0 Å². The van der Waals surface area contributed by atoms with E-state index in [1.807, 2.05) is 44.2 Å². The quantitative estimate of drug-likeness (QED) is 0.501. The van der Waals surface area contributed by atoms with Crippen LogP contribution in [-0.2, 0) is 25.5 Å². The summed E-state index contributed by atoms with van der Waals surface area (Å²) in [5.41, 5.74) is 1.35. The molecular weight excluding hydrogens is 396 g/mol. The van der Waals surface area contributed by atoms with Crippen LogP contribution in [0.2, 0.25) is 0 Å². The van der Waals surface area contributed by atoms with Crippen molar-refractivity contribution in [3.8, 4) is 0 Å². The van der Waals surface area contributed by atoms with Crippen LogP contribution in [0.25, 0.3) is 0 Å². The molecule has 0 saturated carbocycles. The van der Waals surface area contributed by atoms with E-state index in [1.54, 1.807) is 6.08 Å². The van der Waals surface area contributed by atoms with Crippen molar-refractivity contribution in [2.24, 2.45) is 0 Å². The zero-order valence-corrected chi connectivity index (χ0v) is 18.6. The summed E-state index contributed by atoms with van der Waals surface area (Å²) in [7, 11) is 0. The molecule has 1 aliphatic rings. The number of aliphatic carboxylic acids is 1. The van der Waals surface area contributed by atoms with Crippen LogP contribution in [0, 0.1) is 0 Å². The lowest BCUT2D eigenvalue weighted by molar-refractivity contribution is -0.134. The molecule has 31 heavy (non-hydrogen) atoms. The number of amides is 2. The first-order valence-corrected chi connectivity index (χ1v) is 11.0. The lowest BCUT2D eigenvalue weighted by Gasteiger charge is -2.38. The van der Waals surface area contributed by atoms with E-state index in [4.69, 9.17) is 4.74 Å². The Morgan fingerprint density at radius 2 is 1.81 bits per heavy atom. The highest BCUT2D eigenvalue weighted by atomic mass is 16.5. The molecule has 0 bridgehead atoms. The molecule has 0 aliphatic heterocycles. The number of aryl methyl sites for hydroxylation is 1. The Bertz CT molecular complexity index is 773. The molecule has 2 amide bonds. The number of carbonyl (C=O) groups excluding carboxylic acids is 2. The topological polar surface area (TPSA) is 105 Å². The molecule has 1 aromatic carbocycles. The van der Waals surface area contributed by atoms with Crippen LogP contribution in [0.3, 0.4) is 0 Å². The smallest absolute Gasteiger partial charge is 0.331 e. The fourth-order valence-corrected chi connectivity index (χ4v) is 3.88. The Morgan fingerprint density at radius 1 is 1.13 bits per heavy atom. The van der Waals surface area contributed by atoms with Crippen molar-refractivity contribution in [2.45, 2.75) is 83.6 Å². The van der Waals surface area contributed by atoms with Crippen molar-refractivity contribution in [3.05, 3.63) is 47.5 Å². The average Bonchev–Trinajstić information content (AvgIpc) is 2.74. The van der Waals surface area contributed by atoms with Crippen LogP contribution in [0.15, 0.2) is 42.0 Å². The van der Waals surface area contributed by atoms with E-state index in [9.17, 15) is 19.5 Å². The molecule has 7 nitrogen and oxygen atoms in total. The van der Waals surface area contributed by atoms with Crippen molar-refractivity contribution in [3.63, 3.8) is 0 Å². The molecular formula is C24H34N2O5. The Kier molecular flexibility index (Phi) is 9.72. The van der Waals surface area contributed by atoms with Gasteiger partial charge in [-0.2, -0.15) is 0 Å². The lowest BCUT2D eigenvalue weighted by Crippen LogP contribution is -2.59. The van der Waals surface area contributed by atoms with Crippen LogP contribution < -0.4 is 10.6 Å². The van der Waals surface area contributed by atoms with Crippen molar-refractivity contribution in [1.82, 2.24) is 10.6 Å². The van der Waals surface area contributed by atoms with E-state index in [0.29, 0.717) is 12.8 Å². The van der Waals surface area contributed by atoms with Crippen LogP contribution in [0.1, 0.15) is 58.4 Å². The summed E-state index contributed by atoms with van der Waals surface area (Å²) in [6, 6.07) is 8.85. The standard InChI is InChI=1S/C24H34N2O5/c1-4-19(5-2)31-21-15-18(24(29)30)14-20(23(21)25-16(3)27)26-22(28)13-9-12-17-10-7-6-8-11-17/h6-8,10-11,15,19-21,23H,4-5,9,12-14H2,1-3H3,(H,25,27)(H,26,28)(H,29,30)/t20-,21+,23+/m0/s1. The number of rotatable bonds is 11. The maximum Gasteiger partial charge on any atom is 0.331 e. The summed E-state index contributed by atoms with van der Waals surface area (Å²) in [6.07, 6.45) is 4.35. The van der Waals surface area contributed by atoms with Crippen molar-refractivity contribution < 1.29 is 24.2 Å². The minimum Gasteiger partial charge on any atom is -0.478 e. The highest BCUT2D eigenvalue weighted by molar-refractivity contribution is 5.87. The predicted molar refractivity (Wildman–Crippen MR) is 118 cm³/mol. The van der Waals surface area contributed by atoms with Gasteiger partial charge in [-0.15, -0.1) is 0 Å². The van der Waals surface area contributed by atoms with Crippen LogP contribution >= 0.6 is 0 Å². The van der Waals surface area contributed by atoms with Gasteiger partial charge in [-0.3, -0.25) is 9.59 Å².